The molecule has 2 aromatic carbocycles. The molecule has 0 radical (unpaired) electrons. The Morgan fingerprint density at radius 3 is 2.82 bits per heavy atom. The molecule has 1 amide bonds. The molecule has 1 aromatic heterocycles. The number of hydrazone groups is 1. The predicted molar refractivity (Wildman–Crippen MR) is 107 cm³/mol. The van der Waals surface area contributed by atoms with Crippen LogP contribution in [-0.4, -0.2) is 18.2 Å². The highest BCUT2D eigenvalue weighted by atomic mass is 16.5. The number of carbonyl (C=O) groups excluding carboxylic acids is 1. The quantitative estimate of drug-likeness (QED) is 0.560. The van der Waals surface area contributed by atoms with Gasteiger partial charge in [0.2, 0.25) is 0 Å². The molecular weight excluding hydrogens is 356 g/mol. The zero-order valence-electron chi connectivity index (χ0n) is 15.5. The van der Waals surface area contributed by atoms with Crippen molar-refractivity contribution in [1.29, 1.82) is 0 Å². The van der Waals surface area contributed by atoms with Crippen molar-refractivity contribution in [2.24, 2.45) is 5.10 Å². The van der Waals surface area contributed by atoms with E-state index in [1.165, 1.54) is 17.2 Å². The van der Waals surface area contributed by atoms with E-state index in [0.717, 1.165) is 35.9 Å². The summed E-state index contributed by atoms with van der Waals surface area (Å²) in [6, 6.07) is 14.9. The van der Waals surface area contributed by atoms with Crippen LogP contribution in [0.15, 0.2) is 62.8 Å². The van der Waals surface area contributed by atoms with E-state index >= 15 is 0 Å². The van der Waals surface area contributed by atoms with Gasteiger partial charge in [-0.3, -0.25) is 4.79 Å². The number of carbonyl (C=O) groups is 1. The summed E-state index contributed by atoms with van der Waals surface area (Å²) in [7, 11) is 0. The van der Waals surface area contributed by atoms with Crippen molar-refractivity contribution in [3.63, 3.8) is 0 Å². The lowest BCUT2D eigenvalue weighted by Crippen LogP contribution is -2.27. The van der Waals surface area contributed by atoms with Gasteiger partial charge >= 0.3 is 5.63 Å². The highest BCUT2D eigenvalue weighted by molar-refractivity contribution is 5.90. The Bertz CT molecular complexity index is 1130. The van der Waals surface area contributed by atoms with Crippen LogP contribution in [0, 0.1) is 6.92 Å². The Labute approximate surface area is 161 Å². The maximum Gasteiger partial charge on any atom is 0.336 e. The van der Waals surface area contributed by atoms with Gasteiger partial charge in [-0.2, -0.15) is 5.10 Å². The van der Waals surface area contributed by atoms with E-state index in [4.69, 9.17) is 9.15 Å². The number of hydrogen-bond acceptors (Lipinski definition) is 5. The van der Waals surface area contributed by atoms with Crippen LogP contribution in [-0.2, 0) is 17.6 Å². The fraction of sp³-hybridized carbons (Fsp3) is 0.227. The molecule has 0 atom stereocenters. The third-order valence-corrected chi connectivity index (χ3v) is 4.83. The Hall–Kier alpha value is -3.41. The molecule has 0 aliphatic heterocycles. The summed E-state index contributed by atoms with van der Waals surface area (Å²) in [5.41, 5.74) is 6.97. The van der Waals surface area contributed by atoms with Crippen LogP contribution >= 0.6 is 0 Å². The molecule has 1 N–H and O–H groups in total. The number of rotatable bonds is 4. The number of nitrogens with zero attached hydrogens (tertiary/aromatic N) is 1. The van der Waals surface area contributed by atoms with Gasteiger partial charge in [-0.1, -0.05) is 24.3 Å². The summed E-state index contributed by atoms with van der Waals surface area (Å²) >= 11 is 0. The van der Waals surface area contributed by atoms with Crippen LogP contribution in [0.3, 0.4) is 0 Å². The summed E-state index contributed by atoms with van der Waals surface area (Å²) in [6.07, 6.45) is 2.52. The third-order valence-electron chi connectivity index (χ3n) is 4.83. The van der Waals surface area contributed by atoms with Crippen LogP contribution in [0.2, 0.25) is 0 Å². The van der Waals surface area contributed by atoms with Gasteiger partial charge in [0.1, 0.15) is 11.3 Å². The Morgan fingerprint density at radius 2 is 1.96 bits per heavy atom. The summed E-state index contributed by atoms with van der Waals surface area (Å²) in [4.78, 5) is 23.6. The smallest absolute Gasteiger partial charge is 0.336 e. The summed E-state index contributed by atoms with van der Waals surface area (Å²) in [5.74, 6) is 0.118. The molecule has 1 aliphatic rings. The van der Waals surface area contributed by atoms with E-state index in [1.54, 1.807) is 18.2 Å². The molecule has 3 aromatic rings. The van der Waals surface area contributed by atoms with Gasteiger partial charge in [0.05, 0.1) is 0 Å². The van der Waals surface area contributed by atoms with Crippen molar-refractivity contribution in [1.82, 2.24) is 5.43 Å². The highest BCUT2D eigenvalue weighted by Crippen LogP contribution is 2.22. The Balaban J connectivity index is 1.36. The van der Waals surface area contributed by atoms with Gasteiger partial charge in [0, 0.05) is 29.7 Å². The number of ether oxygens (including phenoxy) is 1. The first-order valence-corrected chi connectivity index (χ1v) is 9.17. The van der Waals surface area contributed by atoms with Crippen LogP contribution in [0.1, 0.15) is 23.1 Å². The molecule has 142 valence electrons. The lowest BCUT2D eigenvalue weighted by Gasteiger charge is -2.17. The minimum Gasteiger partial charge on any atom is -0.484 e. The highest BCUT2D eigenvalue weighted by Gasteiger charge is 2.14. The molecule has 0 spiro atoms. The fourth-order valence-corrected chi connectivity index (χ4v) is 3.37. The SMILES string of the molecule is Cc1cc(=O)oc2cc(OCC(=O)N/N=C3/CCc4ccccc4C3)ccc12. The Kier molecular flexibility index (Phi) is 4.93. The molecule has 1 aliphatic carbocycles. The molecule has 0 bridgehead atoms. The molecule has 0 unspecified atom stereocenters. The summed E-state index contributed by atoms with van der Waals surface area (Å²) < 4.78 is 10.7. The van der Waals surface area contributed by atoms with Crippen LogP contribution in [0.4, 0.5) is 0 Å². The van der Waals surface area contributed by atoms with Crippen molar-refractivity contribution in [2.75, 3.05) is 6.61 Å². The van der Waals surface area contributed by atoms with Gasteiger partial charge in [-0.25, -0.2) is 10.2 Å². The van der Waals surface area contributed by atoms with Gasteiger partial charge < -0.3 is 9.15 Å². The maximum atomic E-state index is 12.1. The summed E-state index contributed by atoms with van der Waals surface area (Å²) in [5, 5.41) is 5.08. The minimum absolute atomic E-state index is 0.172. The molecule has 6 nitrogen and oxygen atoms in total. The lowest BCUT2D eigenvalue weighted by atomic mass is 9.90. The lowest BCUT2D eigenvalue weighted by molar-refractivity contribution is -0.123. The molecule has 6 heteroatoms. The van der Waals surface area contributed by atoms with E-state index in [9.17, 15) is 9.59 Å². The van der Waals surface area contributed by atoms with Gasteiger partial charge in [-0.15, -0.1) is 0 Å². The number of amides is 1. The average Bonchev–Trinajstić information content (AvgIpc) is 2.70. The number of fused-ring (bicyclic) bond motifs is 2. The second-order valence-electron chi connectivity index (χ2n) is 6.85. The van der Waals surface area contributed by atoms with Crippen LogP contribution < -0.4 is 15.8 Å². The third kappa shape index (κ3) is 3.96. The fourth-order valence-electron chi connectivity index (χ4n) is 3.37. The van der Waals surface area contributed by atoms with E-state index in [2.05, 4.69) is 22.7 Å². The first-order valence-electron chi connectivity index (χ1n) is 9.17. The first kappa shape index (κ1) is 18.0. The van der Waals surface area contributed by atoms with Crippen LogP contribution in [0.5, 0.6) is 5.75 Å². The van der Waals surface area contributed by atoms with Crippen LogP contribution in [0.25, 0.3) is 11.0 Å². The molecule has 4 rings (SSSR count). The Morgan fingerprint density at radius 1 is 1.14 bits per heavy atom. The molecular formula is C22H20N2O4. The number of nitrogens with one attached hydrogen (secondary N) is 1. The maximum absolute atomic E-state index is 12.1. The van der Waals surface area contributed by atoms with Gasteiger partial charge in [0.15, 0.2) is 6.61 Å². The van der Waals surface area contributed by atoms with Crippen molar-refractivity contribution in [3.8, 4) is 5.75 Å². The topological polar surface area (TPSA) is 80.9 Å². The average molecular weight is 376 g/mol. The minimum atomic E-state index is -0.412. The van der Waals surface area contributed by atoms with Crippen molar-refractivity contribution in [2.45, 2.75) is 26.2 Å². The van der Waals surface area contributed by atoms with E-state index in [1.807, 2.05) is 19.1 Å². The molecule has 1 heterocycles. The van der Waals surface area contributed by atoms with Crippen molar-refractivity contribution in [3.05, 3.63) is 75.6 Å². The molecule has 0 saturated heterocycles. The van der Waals surface area contributed by atoms with Gasteiger partial charge in [0.25, 0.3) is 5.91 Å². The van der Waals surface area contributed by atoms with Crippen molar-refractivity contribution < 1.29 is 13.9 Å². The largest absolute Gasteiger partial charge is 0.484 e. The predicted octanol–water partition coefficient (Wildman–Crippen LogP) is 3.14. The zero-order valence-corrected chi connectivity index (χ0v) is 15.5. The van der Waals surface area contributed by atoms with Crippen molar-refractivity contribution >= 4 is 22.6 Å². The number of benzene rings is 2. The monoisotopic (exact) mass is 376 g/mol. The molecule has 0 saturated carbocycles. The second-order valence-corrected chi connectivity index (χ2v) is 6.85. The normalized spacial score (nSPS) is 14.7. The van der Waals surface area contributed by atoms with E-state index in [-0.39, 0.29) is 12.5 Å². The number of aryl methyl sites for hydroxylation is 2. The first-order chi connectivity index (χ1) is 13.6. The van der Waals surface area contributed by atoms with E-state index in [0.29, 0.717) is 11.3 Å². The number of hydrogen-bond donors (Lipinski definition) is 1. The molecule has 0 fully saturated rings. The second kappa shape index (κ2) is 7.68. The zero-order chi connectivity index (χ0) is 19.5. The van der Waals surface area contributed by atoms with Gasteiger partial charge in [-0.05, 0) is 48.6 Å². The summed E-state index contributed by atoms with van der Waals surface area (Å²) in [6.45, 7) is 1.67. The van der Waals surface area contributed by atoms with E-state index < -0.39 is 5.63 Å². The standard InChI is InChI=1S/C22H20N2O4/c1-14-10-22(26)28-20-12-18(8-9-19(14)20)27-13-21(25)24-23-17-7-6-15-4-2-3-5-16(15)11-17/h2-5,8-10,12H,6-7,11,13H2,1H3,(H,24,25)/b23-17-. The molecule has 28 heavy (non-hydrogen) atoms.